The van der Waals surface area contributed by atoms with E-state index in [4.69, 9.17) is 4.74 Å². The van der Waals surface area contributed by atoms with E-state index in [0.717, 1.165) is 0 Å². The van der Waals surface area contributed by atoms with E-state index in [1.54, 1.807) is 62.6 Å². The van der Waals surface area contributed by atoms with E-state index in [0.29, 0.717) is 10.5 Å². The lowest BCUT2D eigenvalue weighted by Gasteiger charge is -2.21. The van der Waals surface area contributed by atoms with Crippen LogP contribution in [0.25, 0.3) is 0 Å². The summed E-state index contributed by atoms with van der Waals surface area (Å²) in [6.45, 7) is 0. The van der Waals surface area contributed by atoms with Crippen molar-refractivity contribution in [3.8, 4) is 0 Å². The first-order valence-electron chi connectivity index (χ1n) is 7.31. The van der Waals surface area contributed by atoms with Crippen LogP contribution in [0.1, 0.15) is 22.0 Å². The van der Waals surface area contributed by atoms with Crippen molar-refractivity contribution in [3.63, 3.8) is 0 Å². The van der Waals surface area contributed by atoms with Gasteiger partial charge < -0.3 is 9.64 Å². The molecule has 0 N–H and O–H groups in total. The number of nitrogens with zero attached hydrogens (tertiary/aromatic N) is 1. The highest BCUT2D eigenvalue weighted by molar-refractivity contribution is 7.84. The summed E-state index contributed by atoms with van der Waals surface area (Å²) >= 11 is 0. The summed E-state index contributed by atoms with van der Waals surface area (Å²) in [5, 5.41) is 0. The quantitative estimate of drug-likeness (QED) is 0.781. The van der Waals surface area contributed by atoms with Gasteiger partial charge in [-0.15, -0.1) is 0 Å². The summed E-state index contributed by atoms with van der Waals surface area (Å²) in [4.78, 5) is 26.7. The molecule has 2 atom stereocenters. The fraction of sp³-hybridized carbons (Fsp3) is 0.222. The summed E-state index contributed by atoms with van der Waals surface area (Å²) in [6, 6.07) is 15.3. The van der Waals surface area contributed by atoms with E-state index < -0.39 is 22.9 Å². The third-order valence-electron chi connectivity index (χ3n) is 3.41. The first-order chi connectivity index (χ1) is 11.4. The summed E-state index contributed by atoms with van der Waals surface area (Å²) in [5.41, 5.74) is 0.783. The second-order valence-electron chi connectivity index (χ2n) is 5.38. The molecule has 0 saturated heterocycles. The van der Waals surface area contributed by atoms with Crippen LogP contribution in [-0.2, 0) is 20.3 Å². The maximum absolute atomic E-state index is 12.6. The number of benzene rings is 2. The molecule has 0 unspecified atom stereocenters. The van der Waals surface area contributed by atoms with Gasteiger partial charge in [-0.05, 0) is 12.1 Å². The van der Waals surface area contributed by atoms with Crippen LogP contribution in [-0.4, -0.2) is 41.3 Å². The van der Waals surface area contributed by atoms with Gasteiger partial charge >= 0.3 is 5.97 Å². The fourth-order valence-electron chi connectivity index (χ4n) is 2.18. The molecule has 24 heavy (non-hydrogen) atoms. The van der Waals surface area contributed by atoms with Crippen molar-refractivity contribution in [2.24, 2.45) is 0 Å². The zero-order chi connectivity index (χ0) is 17.7. The maximum Gasteiger partial charge on any atom is 0.340 e. The molecule has 5 nitrogen and oxygen atoms in total. The van der Waals surface area contributed by atoms with Crippen LogP contribution >= 0.6 is 0 Å². The van der Waals surface area contributed by atoms with E-state index in [2.05, 4.69) is 0 Å². The minimum Gasteiger partial charge on any atom is -0.444 e. The van der Waals surface area contributed by atoms with E-state index in [1.807, 2.05) is 6.07 Å². The Kier molecular flexibility index (Phi) is 5.87. The van der Waals surface area contributed by atoms with Crippen LogP contribution in [0.4, 0.5) is 0 Å². The molecule has 0 aliphatic rings. The molecule has 2 rings (SSSR count). The van der Waals surface area contributed by atoms with Crippen LogP contribution in [0.15, 0.2) is 59.5 Å². The normalized spacial score (nSPS) is 13.0. The van der Waals surface area contributed by atoms with Crippen LogP contribution in [0.2, 0.25) is 0 Å². The molecule has 0 aliphatic heterocycles. The molecular formula is C18H19NO4S. The number of rotatable bonds is 5. The predicted molar refractivity (Wildman–Crippen MR) is 92.1 cm³/mol. The third kappa shape index (κ3) is 4.08. The van der Waals surface area contributed by atoms with Crippen molar-refractivity contribution < 1.29 is 18.5 Å². The highest BCUT2D eigenvalue weighted by Crippen LogP contribution is 2.23. The van der Waals surface area contributed by atoms with Gasteiger partial charge in [0.15, 0.2) is 0 Å². The van der Waals surface area contributed by atoms with Crippen LogP contribution in [0.5, 0.6) is 0 Å². The van der Waals surface area contributed by atoms with Gasteiger partial charge in [0.05, 0.1) is 21.3 Å². The molecule has 2 aromatic rings. The number of esters is 1. The Bertz CT molecular complexity index is 759. The van der Waals surface area contributed by atoms with Gasteiger partial charge in [-0.2, -0.15) is 0 Å². The Morgan fingerprint density at radius 2 is 1.58 bits per heavy atom. The molecule has 0 fully saturated rings. The first kappa shape index (κ1) is 17.9. The van der Waals surface area contributed by atoms with E-state index in [1.165, 1.54) is 11.2 Å². The Labute approximate surface area is 143 Å². The number of carbonyl (C=O) groups excluding carboxylic acids is 2. The SMILES string of the molecule is CN(C)C(=O)[C@@H](OC(=O)c1ccccc1[S@](C)=O)c1ccccc1. The molecule has 0 spiro atoms. The van der Waals surface area contributed by atoms with Crippen molar-refractivity contribution >= 4 is 22.7 Å². The van der Waals surface area contributed by atoms with Gasteiger partial charge in [0.2, 0.25) is 6.10 Å². The molecule has 0 radical (unpaired) electrons. The zero-order valence-electron chi connectivity index (χ0n) is 13.8. The lowest BCUT2D eigenvalue weighted by molar-refractivity contribution is -0.138. The summed E-state index contributed by atoms with van der Waals surface area (Å²) in [6.07, 6.45) is 0.443. The smallest absolute Gasteiger partial charge is 0.340 e. The fourth-order valence-corrected chi connectivity index (χ4v) is 2.91. The lowest BCUT2D eigenvalue weighted by Crippen LogP contribution is -2.31. The summed E-state index contributed by atoms with van der Waals surface area (Å²) < 4.78 is 17.3. The van der Waals surface area contributed by atoms with Gasteiger partial charge in [-0.25, -0.2) is 4.79 Å². The minimum absolute atomic E-state index is 0.200. The van der Waals surface area contributed by atoms with Gasteiger partial charge in [0.1, 0.15) is 0 Å². The van der Waals surface area contributed by atoms with Crippen LogP contribution < -0.4 is 0 Å². The van der Waals surface area contributed by atoms with Crippen molar-refractivity contribution in [2.75, 3.05) is 20.4 Å². The minimum atomic E-state index is -1.34. The summed E-state index contributed by atoms with van der Waals surface area (Å²) in [7, 11) is 1.86. The van der Waals surface area contributed by atoms with Crippen molar-refractivity contribution in [1.82, 2.24) is 4.90 Å². The van der Waals surface area contributed by atoms with E-state index in [9.17, 15) is 13.8 Å². The van der Waals surface area contributed by atoms with Gasteiger partial charge in [-0.3, -0.25) is 9.00 Å². The van der Waals surface area contributed by atoms with Gasteiger partial charge in [0, 0.05) is 25.9 Å². The molecule has 2 aromatic carbocycles. The Hall–Kier alpha value is -2.47. The number of likely N-dealkylation sites (N-methyl/N-ethyl adjacent to an activating group) is 1. The topological polar surface area (TPSA) is 63.7 Å². The van der Waals surface area contributed by atoms with E-state index >= 15 is 0 Å². The van der Waals surface area contributed by atoms with Crippen molar-refractivity contribution in [1.29, 1.82) is 0 Å². The highest BCUT2D eigenvalue weighted by atomic mass is 32.2. The Balaban J connectivity index is 2.35. The second-order valence-corrected chi connectivity index (χ2v) is 6.73. The van der Waals surface area contributed by atoms with E-state index in [-0.39, 0.29) is 11.5 Å². The lowest BCUT2D eigenvalue weighted by atomic mass is 10.1. The van der Waals surface area contributed by atoms with Gasteiger partial charge in [0.25, 0.3) is 5.91 Å². The molecule has 0 saturated carbocycles. The maximum atomic E-state index is 12.6. The molecule has 0 aliphatic carbocycles. The summed E-state index contributed by atoms with van der Waals surface area (Å²) in [5.74, 6) is -1.02. The van der Waals surface area contributed by atoms with Crippen LogP contribution in [0, 0.1) is 0 Å². The number of hydrogen-bond acceptors (Lipinski definition) is 4. The standard InChI is InChI=1S/C18H19NO4S/c1-19(2)17(20)16(13-9-5-4-6-10-13)23-18(21)14-11-7-8-12-15(14)24(3)22/h4-12,16H,1-3H3/t16-,24-/m0/s1. The van der Waals surface area contributed by atoms with Gasteiger partial charge in [-0.1, -0.05) is 42.5 Å². The molecule has 0 heterocycles. The monoisotopic (exact) mass is 345 g/mol. The molecule has 1 amide bonds. The molecule has 126 valence electrons. The largest absolute Gasteiger partial charge is 0.444 e. The third-order valence-corrected chi connectivity index (χ3v) is 4.38. The predicted octanol–water partition coefficient (Wildman–Crippen LogP) is 2.41. The highest BCUT2D eigenvalue weighted by Gasteiger charge is 2.28. The molecule has 0 bridgehead atoms. The Morgan fingerprint density at radius 3 is 2.17 bits per heavy atom. The average molecular weight is 345 g/mol. The molecular weight excluding hydrogens is 326 g/mol. The van der Waals surface area contributed by atoms with Crippen molar-refractivity contribution in [3.05, 3.63) is 65.7 Å². The average Bonchev–Trinajstić information content (AvgIpc) is 2.59. The number of carbonyl (C=O) groups is 2. The zero-order valence-corrected chi connectivity index (χ0v) is 14.6. The molecule has 0 aromatic heterocycles. The number of ether oxygens (including phenoxy) is 1. The van der Waals surface area contributed by atoms with Crippen LogP contribution in [0.3, 0.4) is 0 Å². The second kappa shape index (κ2) is 7.88. The number of amides is 1. The molecule has 6 heteroatoms. The Morgan fingerprint density at radius 1 is 1.00 bits per heavy atom. The first-order valence-corrected chi connectivity index (χ1v) is 8.87. The van der Waals surface area contributed by atoms with Crippen molar-refractivity contribution in [2.45, 2.75) is 11.0 Å². The number of hydrogen-bond donors (Lipinski definition) is 0.